The van der Waals surface area contributed by atoms with Gasteiger partial charge in [-0.25, -0.2) is 0 Å². The van der Waals surface area contributed by atoms with Crippen LogP contribution in [-0.2, 0) is 13.1 Å². The molecule has 0 aliphatic rings. The zero-order chi connectivity index (χ0) is 13.0. The fraction of sp³-hybridized carbons (Fsp3) is 0.333. The summed E-state index contributed by atoms with van der Waals surface area (Å²) < 4.78 is 3.39. The number of nitrogens with one attached hydrogen (secondary N) is 1. The Morgan fingerprint density at radius 1 is 1.28 bits per heavy atom. The third-order valence-electron chi connectivity index (χ3n) is 2.96. The number of hydrogen-bond acceptors (Lipinski definition) is 1. The summed E-state index contributed by atoms with van der Waals surface area (Å²) >= 11 is 3.55. The third kappa shape index (κ3) is 3.39. The van der Waals surface area contributed by atoms with Gasteiger partial charge in [-0.2, -0.15) is 0 Å². The Morgan fingerprint density at radius 3 is 2.83 bits per heavy atom. The van der Waals surface area contributed by atoms with Gasteiger partial charge in [-0.15, -0.1) is 0 Å². The molecule has 0 saturated carbocycles. The Balaban J connectivity index is 1.95. The largest absolute Gasteiger partial charge is 0.381 e. The number of anilines is 1. The molecule has 3 heteroatoms. The molecule has 2 aromatic rings. The van der Waals surface area contributed by atoms with Crippen LogP contribution in [0.15, 0.2) is 41.1 Å². The van der Waals surface area contributed by atoms with Gasteiger partial charge >= 0.3 is 0 Å². The first-order valence-corrected chi connectivity index (χ1v) is 7.13. The van der Waals surface area contributed by atoms with E-state index in [0.717, 1.165) is 23.2 Å². The lowest BCUT2D eigenvalue weighted by Gasteiger charge is -2.07. The zero-order valence-electron chi connectivity index (χ0n) is 10.9. The molecule has 2 rings (SSSR count). The van der Waals surface area contributed by atoms with Gasteiger partial charge in [-0.3, -0.25) is 0 Å². The van der Waals surface area contributed by atoms with Crippen LogP contribution in [0.5, 0.6) is 0 Å². The first kappa shape index (κ1) is 13.2. The Bertz CT molecular complexity index is 517. The summed E-state index contributed by atoms with van der Waals surface area (Å²) in [6, 6.07) is 8.53. The van der Waals surface area contributed by atoms with Crippen molar-refractivity contribution in [2.75, 3.05) is 5.32 Å². The Hall–Kier alpha value is -1.22. The van der Waals surface area contributed by atoms with Crippen LogP contribution in [0.3, 0.4) is 0 Å². The number of aromatic nitrogens is 1. The van der Waals surface area contributed by atoms with Crippen LogP contribution in [0.1, 0.15) is 24.5 Å². The first-order valence-electron chi connectivity index (χ1n) is 6.33. The maximum Gasteiger partial charge on any atom is 0.0415 e. The third-order valence-corrected chi connectivity index (χ3v) is 3.82. The van der Waals surface area contributed by atoms with Gasteiger partial charge in [0.1, 0.15) is 0 Å². The fourth-order valence-electron chi connectivity index (χ4n) is 1.90. The van der Waals surface area contributed by atoms with Gasteiger partial charge in [0.15, 0.2) is 0 Å². The summed E-state index contributed by atoms with van der Waals surface area (Å²) in [6.45, 7) is 6.25. The maximum atomic E-state index is 3.55. The number of halogens is 1. The summed E-state index contributed by atoms with van der Waals surface area (Å²) in [5, 5.41) is 3.44. The van der Waals surface area contributed by atoms with Crippen LogP contribution >= 0.6 is 15.9 Å². The van der Waals surface area contributed by atoms with E-state index in [4.69, 9.17) is 0 Å². The van der Waals surface area contributed by atoms with Crippen molar-refractivity contribution in [1.29, 1.82) is 0 Å². The number of rotatable bonds is 5. The van der Waals surface area contributed by atoms with Crippen LogP contribution in [0.4, 0.5) is 5.69 Å². The second kappa shape index (κ2) is 6.10. The van der Waals surface area contributed by atoms with E-state index >= 15 is 0 Å². The first-order chi connectivity index (χ1) is 8.69. The van der Waals surface area contributed by atoms with Gasteiger partial charge < -0.3 is 9.88 Å². The SMILES string of the molecule is CCCn1ccc(CNc2ccc(C)c(Br)c2)c1. The minimum absolute atomic E-state index is 0.867. The quantitative estimate of drug-likeness (QED) is 0.855. The molecule has 0 aliphatic heterocycles. The summed E-state index contributed by atoms with van der Waals surface area (Å²) in [6.07, 6.45) is 5.53. The molecule has 0 unspecified atom stereocenters. The van der Waals surface area contributed by atoms with Crippen molar-refractivity contribution in [3.8, 4) is 0 Å². The van der Waals surface area contributed by atoms with Crippen molar-refractivity contribution in [1.82, 2.24) is 4.57 Å². The van der Waals surface area contributed by atoms with Gasteiger partial charge in [0, 0.05) is 35.6 Å². The summed E-state index contributed by atoms with van der Waals surface area (Å²) in [5.74, 6) is 0. The van der Waals surface area contributed by atoms with E-state index in [9.17, 15) is 0 Å². The molecule has 2 nitrogen and oxygen atoms in total. The van der Waals surface area contributed by atoms with E-state index in [-0.39, 0.29) is 0 Å². The average molecular weight is 307 g/mol. The van der Waals surface area contributed by atoms with Crippen molar-refractivity contribution in [3.05, 3.63) is 52.3 Å². The van der Waals surface area contributed by atoms with Crippen molar-refractivity contribution in [2.24, 2.45) is 0 Å². The van der Waals surface area contributed by atoms with Gasteiger partial charge in [-0.05, 0) is 42.7 Å². The molecule has 96 valence electrons. The molecular weight excluding hydrogens is 288 g/mol. The van der Waals surface area contributed by atoms with Crippen LogP contribution in [0, 0.1) is 6.92 Å². The Kier molecular flexibility index (Phi) is 4.48. The second-order valence-electron chi connectivity index (χ2n) is 4.58. The summed E-state index contributed by atoms with van der Waals surface area (Å²) in [4.78, 5) is 0. The molecule has 0 bridgehead atoms. The molecule has 1 aromatic carbocycles. The highest BCUT2D eigenvalue weighted by Crippen LogP contribution is 2.21. The standard InChI is InChI=1S/C15H19BrN2/c1-3-7-18-8-6-13(11-18)10-17-14-5-4-12(2)15(16)9-14/h4-6,8-9,11,17H,3,7,10H2,1-2H3. The van der Waals surface area contributed by atoms with E-state index in [1.54, 1.807) is 0 Å². The molecule has 18 heavy (non-hydrogen) atoms. The highest BCUT2D eigenvalue weighted by Gasteiger charge is 1.99. The number of hydrogen-bond donors (Lipinski definition) is 1. The maximum absolute atomic E-state index is 3.55. The van der Waals surface area contributed by atoms with Crippen molar-refractivity contribution >= 4 is 21.6 Å². The molecule has 0 aliphatic carbocycles. The highest BCUT2D eigenvalue weighted by molar-refractivity contribution is 9.10. The lowest BCUT2D eigenvalue weighted by atomic mass is 10.2. The minimum Gasteiger partial charge on any atom is -0.381 e. The number of nitrogens with zero attached hydrogens (tertiary/aromatic N) is 1. The predicted molar refractivity (Wildman–Crippen MR) is 80.9 cm³/mol. The van der Waals surface area contributed by atoms with Crippen molar-refractivity contribution < 1.29 is 0 Å². The van der Waals surface area contributed by atoms with Gasteiger partial charge in [0.2, 0.25) is 0 Å². The van der Waals surface area contributed by atoms with E-state index in [1.807, 2.05) is 0 Å². The number of benzene rings is 1. The molecule has 0 atom stereocenters. The van der Waals surface area contributed by atoms with Crippen LogP contribution in [0.2, 0.25) is 0 Å². The molecule has 0 saturated heterocycles. The van der Waals surface area contributed by atoms with Crippen LogP contribution in [0.25, 0.3) is 0 Å². The topological polar surface area (TPSA) is 17.0 Å². The molecule has 0 amide bonds. The van der Waals surface area contributed by atoms with Crippen LogP contribution < -0.4 is 5.32 Å². The lowest BCUT2D eigenvalue weighted by Crippen LogP contribution is -1.99. The van der Waals surface area contributed by atoms with E-state index in [2.05, 4.69) is 76.3 Å². The zero-order valence-corrected chi connectivity index (χ0v) is 12.5. The molecular formula is C15H19BrN2. The van der Waals surface area contributed by atoms with Crippen LogP contribution in [-0.4, -0.2) is 4.57 Å². The predicted octanol–water partition coefficient (Wildman–Crippen LogP) is 4.58. The van der Waals surface area contributed by atoms with E-state index in [0.29, 0.717) is 0 Å². The minimum atomic E-state index is 0.867. The summed E-state index contributed by atoms with van der Waals surface area (Å²) in [5.41, 5.74) is 3.73. The molecule has 1 aromatic heterocycles. The fourth-order valence-corrected chi connectivity index (χ4v) is 2.28. The normalized spacial score (nSPS) is 10.6. The lowest BCUT2D eigenvalue weighted by molar-refractivity contribution is 0.682. The van der Waals surface area contributed by atoms with Crippen molar-refractivity contribution in [3.63, 3.8) is 0 Å². The Labute approximate surface area is 117 Å². The van der Waals surface area contributed by atoms with Gasteiger partial charge in [-0.1, -0.05) is 28.9 Å². The molecule has 1 heterocycles. The average Bonchev–Trinajstić information content (AvgIpc) is 2.79. The van der Waals surface area contributed by atoms with E-state index in [1.165, 1.54) is 17.5 Å². The van der Waals surface area contributed by atoms with Crippen molar-refractivity contribution in [2.45, 2.75) is 33.4 Å². The van der Waals surface area contributed by atoms with Gasteiger partial charge in [0.25, 0.3) is 0 Å². The molecule has 0 spiro atoms. The highest BCUT2D eigenvalue weighted by atomic mass is 79.9. The Morgan fingerprint density at radius 2 is 2.11 bits per heavy atom. The smallest absolute Gasteiger partial charge is 0.0415 e. The van der Waals surface area contributed by atoms with E-state index < -0.39 is 0 Å². The number of aryl methyl sites for hydroxylation is 2. The monoisotopic (exact) mass is 306 g/mol. The molecule has 0 radical (unpaired) electrons. The summed E-state index contributed by atoms with van der Waals surface area (Å²) in [7, 11) is 0. The molecule has 0 fully saturated rings. The van der Waals surface area contributed by atoms with Gasteiger partial charge in [0.05, 0.1) is 0 Å². The second-order valence-corrected chi connectivity index (χ2v) is 5.43. The molecule has 1 N–H and O–H groups in total.